The van der Waals surface area contributed by atoms with Crippen molar-refractivity contribution in [3.63, 3.8) is 0 Å². The predicted molar refractivity (Wildman–Crippen MR) is 100 cm³/mol. The van der Waals surface area contributed by atoms with Crippen molar-refractivity contribution in [1.82, 2.24) is 10.6 Å². The molecule has 0 saturated heterocycles. The van der Waals surface area contributed by atoms with Gasteiger partial charge in [-0.25, -0.2) is 4.79 Å². The number of hydrogen-bond acceptors (Lipinski definition) is 5. The van der Waals surface area contributed by atoms with Crippen LogP contribution in [0.1, 0.15) is 38.0 Å². The number of carboxylic acid groups (broad SMARTS) is 2. The Kier molecular flexibility index (Phi) is 9.49. The van der Waals surface area contributed by atoms with Gasteiger partial charge in [-0.15, -0.1) is 11.3 Å². The zero-order chi connectivity index (χ0) is 20.4. The van der Waals surface area contributed by atoms with Crippen molar-refractivity contribution in [2.45, 2.75) is 45.6 Å². The third-order valence-corrected chi connectivity index (χ3v) is 4.72. The Balaban J connectivity index is 2.46. The maximum atomic E-state index is 12.1. The first-order chi connectivity index (χ1) is 12.7. The van der Waals surface area contributed by atoms with Gasteiger partial charge in [0, 0.05) is 30.2 Å². The van der Waals surface area contributed by atoms with Crippen LogP contribution in [-0.4, -0.2) is 46.6 Å². The Morgan fingerprint density at radius 1 is 1.19 bits per heavy atom. The van der Waals surface area contributed by atoms with Crippen LogP contribution in [0, 0.1) is 11.8 Å². The molecule has 0 bridgehead atoms. The SMILES string of the molecule is CC(C)CC(CC(=O)O)C(=O)NCCC(=O)N[C@@H](Cc1cccs1)C(=O)O. The van der Waals surface area contributed by atoms with Gasteiger partial charge in [-0.3, -0.25) is 14.4 Å². The molecule has 0 aliphatic carbocycles. The van der Waals surface area contributed by atoms with E-state index in [-0.39, 0.29) is 31.7 Å². The number of carboxylic acids is 2. The molecule has 150 valence electrons. The minimum atomic E-state index is -1.13. The van der Waals surface area contributed by atoms with E-state index in [1.807, 2.05) is 19.2 Å². The molecule has 1 aromatic rings. The Bertz CT molecular complexity index is 644. The lowest BCUT2D eigenvalue weighted by molar-refractivity contribution is -0.141. The second-order valence-corrected chi connectivity index (χ2v) is 7.74. The normalized spacial score (nSPS) is 13.0. The summed E-state index contributed by atoms with van der Waals surface area (Å²) >= 11 is 1.41. The smallest absolute Gasteiger partial charge is 0.326 e. The second kappa shape index (κ2) is 11.3. The molecular weight excluding hydrogens is 372 g/mol. The second-order valence-electron chi connectivity index (χ2n) is 6.71. The fourth-order valence-electron chi connectivity index (χ4n) is 2.60. The molecule has 0 fully saturated rings. The zero-order valence-electron chi connectivity index (χ0n) is 15.4. The van der Waals surface area contributed by atoms with Gasteiger partial charge in [-0.2, -0.15) is 0 Å². The summed E-state index contributed by atoms with van der Waals surface area (Å²) in [6.07, 6.45) is 0.284. The van der Waals surface area contributed by atoms with Gasteiger partial charge in [-0.1, -0.05) is 19.9 Å². The van der Waals surface area contributed by atoms with Crippen LogP contribution in [0.4, 0.5) is 0 Å². The van der Waals surface area contributed by atoms with Crippen molar-refractivity contribution in [2.24, 2.45) is 11.8 Å². The molecule has 1 unspecified atom stereocenters. The largest absolute Gasteiger partial charge is 0.481 e. The molecule has 4 N–H and O–H groups in total. The maximum absolute atomic E-state index is 12.1. The average Bonchev–Trinajstić information content (AvgIpc) is 3.05. The van der Waals surface area contributed by atoms with Gasteiger partial charge in [0.05, 0.1) is 6.42 Å². The summed E-state index contributed by atoms with van der Waals surface area (Å²) in [5.41, 5.74) is 0. The van der Waals surface area contributed by atoms with E-state index in [4.69, 9.17) is 5.11 Å². The fourth-order valence-corrected chi connectivity index (χ4v) is 3.35. The molecule has 0 spiro atoms. The van der Waals surface area contributed by atoms with Gasteiger partial charge < -0.3 is 20.8 Å². The van der Waals surface area contributed by atoms with Gasteiger partial charge in [0.2, 0.25) is 11.8 Å². The molecule has 0 aliphatic rings. The lowest BCUT2D eigenvalue weighted by Crippen LogP contribution is -2.43. The van der Waals surface area contributed by atoms with Gasteiger partial charge >= 0.3 is 11.9 Å². The zero-order valence-corrected chi connectivity index (χ0v) is 16.3. The molecular formula is C18H26N2O6S. The summed E-state index contributed by atoms with van der Waals surface area (Å²) in [5.74, 6) is -3.57. The summed E-state index contributed by atoms with van der Waals surface area (Å²) in [7, 11) is 0. The Morgan fingerprint density at radius 3 is 2.41 bits per heavy atom. The lowest BCUT2D eigenvalue weighted by Gasteiger charge is -2.17. The van der Waals surface area contributed by atoms with Crippen molar-refractivity contribution >= 4 is 35.1 Å². The minimum Gasteiger partial charge on any atom is -0.481 e. The molecule has 1 rings (SSSR count). The summed E-state index contributed by atoms with van der Waals surface area (Å²) in [4.78, 5) is 47.2. The van der Waals surface area contributed by atoms with Crippen molar-refractivity contribution in [3.8, 4) is 0 Å². The molecule has 1 aromatic heterocycles. The quantitative estimate of drug-likeness (QED) is 0.422. The molecule has 27 heavy (non-hydrogen) atoms. The van der Waals surface area contributed by atoms with E-state index in [1.165, 1.54) is 11.3 Å². The average molecular weight is 398 g/mol. The summed E-state index contributed by atoms with van der Waals surface area (Å²) < 4.78 is 0. The van der Waals surface area contributed by atoms with Crippen molar-refractivity contribution in [2.75, 3.05) is 6.54 Å². The number of amides is 2. The molecule has 8 nitrogen and oxygen atoms in total. The molecule has 0 aliphatic heterocycles. The highest BCUT2D eigenvalue weighted by Gasteiger charge is 2.23. The molecule has 9 heteroatoms. The van der Waals surface area contributed by atoms with Crippen molar-refractivity contribution in [3.05, 3.63) is 22.4 Å². The topological polar surface area (TPSA) is 133 Å². The molecule has 0 saturated carbocycles. The van der Waals surface area contributed by atoms with E-state index in [0.29, 0.717) is 6.42 Å². The Morgan fingerprint density at radius 2 is 1.89 bits per heavy atom. The van der Waals surface area contributed by atoms with Gasteiger partial charge in [0.25, 0.3) is 0 Å². The highest BCUT2D eigenvalue weighted by Crippen LogP contribution is 2.16. The number of rotatable bonds is 12. The van der Waals surface area contributed by atoms with E-state index in [1.54, 1.807) is 12.1 Å². The first kappa shape index (κ1) is 22.6. The fraction of sp³-hybridized carbons (Fsp3) is 0.556. The first-order valence-corrected chi connectivity index (χ1v) is 9.61. The Labute approximate surface area is 162 Å². The predicted octanol–water partition coefficient (Wildman–Crippen LogP) is 1.50. The first-order valence-electron chi connectivity index (χ1n) is 8.73. The summed E-state index contributed by atoms with van der Waals surface area (Å²) in [5, 5.41) is 25.0. The van der Waals surface area contributed by atoms with E-state index in [0.717, 1.165) is 4.88 Å². The number of aliphatic carboxylic acids is 2. The molecule has 1 heterocycles. The van der Waals surface area contributed by atoms with Crippen LogP contribution in [0.5, 0.6) is 0 Å². The highest BCUT2D eigenvalue weighted by atomic mass is 32.1. The molecule has 2 atom stereocenters. The Hall–Kier alpha value is -2.42. The van der Waals surface area contributed by atoms with Crippen molar-refractivity contribution < 1.29 is 29.4 Å². The van der Waals surface area contributed by atoms with Crippen LogP contribution in [0.25, 0.3) is 0 Å². The minimum absolute atomic E-state index is 0.0181. The molecule has 2 amide bonds. The lowest BCUT2D eigenvalue weighted by atomic mass is 9.93. The van der Waals surface area contributed by atoms with Crippen LogP contribution in [0.15, 0.2) is 17.5 Å². The number of carbonyl (C=O) groups excluding carboxylic acids is 2. The van der Waals surface area contributed by atoms with Gasteiger partial charge in [0.1, 0.15) is 6.04 Å². The number of thiophene rings is 1. The third kappa shape index (κ3) is 9.18. The van der Waals surface area contributed by atoms with E-state index < -0.39 is 35.7 Å². The van der Waals surface area contributed by atoms with Crippen LogP contribution >= 0.6 is 11.3 Å². The summed E-state index contributed by atoms with van der Waals surface area (Å²) in [6, 6.07) is 2.57. The van der Waals surface area contributed by atoms with Crippen LogP contribution < -0.4 is 10.6 Å². The number of carbonyl (C=O) groups is 4. The number of nitrogens with one attached hydrogen (secondary N) is 2. The standard InChI is InChI=1S/C18H26N2O6S/c1-11(2)8-12(9-16(22)23)17(24)19-6-5-15(21)20-14(18(25)26)10-13-4-3-7-27-13/h3-4,7,11-12,14H,5-6,8-10H2,1-2H3,(H,19,24)(H,20,21)(H,22,23)(H,25,26)/t12?,14-/m0/s1. The van der Waals surface area contributed by atoms with Crippen molar-refractivity contribution in [1.29, 1.82) is 0 Å². The third-order valence-electron chi connectivity index (χ3n) is 3.82. The maximum Gasteiger partial charge on any atom is 0.326 e. The van der Waals surface area contributed by atoms with Crippen LogP contribution in [0.3, 0.4) is 0 Å². The highest BCUT2D eigenvalue weighted by molar-refractivity contribution is 7.09. The molecule has 0 radical (unpaired) electrons. The molecule has 0 aromatic carbocycles. The number of hydrogen-bond donors (Lipinski definition) is 4. The van der Waals surface area contributed by atoms with Crippen LogP contribution in [-0.2, 0) is 25.6 Å². The van der Waals surface area contributed by atoms with E-state index >= 15 is 0 Å². The van der Waals surface area contributed by atoms with Gasteiger partial charge in [0.15, 0.2) is 0 Å². The van der Waals surface area contributed by atoms with E-state index in [9.17, 15) is 24.3 Å². The van der Waals surface area contributed by atoms with Crippen LogP contribution in [0.2, 0.25) is 0 Å². The van der Waals surface area contributed by atoms with E-state index in [2.05, 4.69) is 10.6 Å². The summed E-state index contributed by atoms with van der Waals surface area (Å²) in [6.45, 7) is 3.81. The monoisotopic (exact) mass is 398 g/mol. The van der Waals surface area contributed by atoms with Gasteiger partial charge in [-0.05, 0) is 23.8 Å².